The number of hydrogen-bond acceptors (Lipinski definition) is 5. The topological polar surface area (TPSA) is 63.9 Å². The summed E-state index contributed by atoms with van der Waals surface area (Å²) in [6, 6.07) is 0. The third-order valence-corrected chi connectivity index (χ3v) is 5.54. The Labute approximate surface area is 109 Å². The lowest BCUT2D eigenvalue weighted by Crippen LogP contribution is -2.33. The molecule has 1 aliphatic heterocycles. The minimum atomic E-state index is -3.48. The van der Waals surface area contributed by atoms with Gasteiger partial charge in [0.2, 0.25) is 0 Å². The van der Waals surface area contributed by atoms with Gasteiger partial charge in [0, 0.05) is 31.3 Å². The highest BCUT2D eigenvalue weighted by atomic mass is 32.2. The molecule has 6 nitrogen and oxygen atoms in total. The number of sulfonamides is 1. The smallest absolute Gasteiger partial charge is 0.260 e. The highest BCUT2D eigenvalue weighted by molar-refractivity contribution is 7.89. The van der Waals surface area contributed by atoms with Gasteiger partial charge in [-0.3, -0.25) is 4.40 Å². The fourth-order valence-corrected chi connectivity index (χ4v) is 4.27. The molecule has 0 aromatic carbocycles. The number of thiazole rings is 1. The van der Waals surface area contributed by atoms with E-state index < -0.39 is 10.0 Å². The van der Waals surface area contributed by atoms with Crippen LogP contribution in [0, 0.1) is 0 Å². The van der Waals surface area contributed by atoms with E-state index in [-0.39, 0.29) is 5.03 Å². The molecule has 3 heterocycles. The van der Waals surface area contributed by atoms with Crippen LogP contribution in [0.3, 0.4) is 0 Å². The first-order valence-electron chi connectivity index (χ1n) is 5.68. The third kappa shape index (κ3) is 1.95. The number of fused-ring (bicyclic) bond motifs is 1. The zero-order chi connectivity index (χ0) is 12.6. The molecule has 0 unspecified atom stereocenters. The molecule has 0 saturated carbocycles. The SMILES string of the molecule is O=S(=O)(c1cnc2sccn12)N1CCCOCC1. The number of nitrogens with zero attached hydrogens (tertiary/aromatic N) is 3. The van der Waals surface area contributed by atoms with E-state index in [1.165, 1.54) is 21.8 Å². The Bertz CT molecular complexity index is 638. The number of ether oxygens (including phenoxy) is 1. The molecule has 0 radical (unpaired) electrons. The Balaban J connectivity index is 2.01. The average Bonchev–Trinajstić information content (AvgIpc) is 2.82. The van der Waals surface area contributed by atoms with E-state index in [9.17, 15) is 8.42 Å². The van der Waals surface area contributed by atoms with Crippen molar-refractivity contribution in [2.24, 2.45) is 0 Å². The van der Waals surface area contributed by atoms with E-state index in [4.69, 9.17) is 4.74 Å². The van der Waals surface area contributed by atoms with Crippen LogP contribution in [-0.4, -0.2) is 48.4 Å². The van der Waals surface area contributed by atoms with E-state index in [1.54, 1.807) is 10.6 Å². The molecule has 0 atom stereocenters. The Hall–Kier alpha value is -0.960. The summed E-state index contributed by atoms with van der Waals surface area (Å²) in [6.45, 7) is 1.97. The summed E-state index contributed by atoms with van der Waals surface area (Å²) in [5.74, 6) is 0. The van der Waals surface area contributed by atoms with Gasteiger partial charge in [0.25, 0.3) is 10.0 Å². The van der Waals surface area contributed by atoms with Crippen molar-refractivity contribution in [3.63, 3.8) is 0 Å². The monoisotopic (exact) mass is 287 g/mol. The molecule has 0 amide bonds. The molecule has 1 fully saturated rings. The second kappa shape index (κ2) is 4.61. The minimum Gasteiger partial charge on any atom is -0.380 e. The predicted molar refractivity (Wildman–Crippen MR) is 67.3 cm³/mol. The van der Waals surface area contributed by atoms with Gasteiger partial charge in [-0.25, -0.2) is 13.4 Å². The van der Waals surface area contributed by atoms with Crippen molar-refractivity contribution in [2.75, 3.05) is 26.3 Å². The van der Waals surface area contributed by atoms with Crippen LogP contribution in [-0.2, 0) is 14.8 Å². The number of aromatic nitrogens is 2. The summed E-state index contributed by atoms with van der Waals surface area (Å²) in [4.78, 5) is 4.80. The van der Waals surface area contributed by atoms with Crippen LogP contribution in [0.4, 0.5) is 0 Å². The number of imidazole rings is 1. The summed E-state index contributed by atoms with van der Waals surface area (Å²) in [7, 11) is -3.48. The Morgan fingerprint density at radius 2 is 2.22 bits per heavy atom. The lowest BCUT2D eigenvalue weighted by Gasteiger charge is -2.18. The highest BCUT2D eigenvalue weighted by Gasteiger charge is 2.28. The maximum Gasteiger partial charge on any atom is 0.260 e. The molecule has 3 rings (SSSR count). The summed E-state index contributed by atoms with van der Waals surface area (Å²) in [6.07, 6.45) is 3.88. The van der Waals surface area contributed by atoms with Crippen molar-refractivity contribution in [2.45, 2.75) is 11.4 Å². The lowest BCUT2D eigenvalue weighted by molar-refractivity contribution is 0.148. The first-order valence-corrected chi connectivity index (χ1v) is 8.00. The van der Waals surface area contributed by atoms with Crippen LogP contribution < -0.4 is 0 Å². The summed E-state index contributed by atoms with van der Waals surface area (Å²) in [5, 5.41) is 2.06. The van der Waals surface area contributed by atoms with Gasteiger partial charge in [0.15, 0.2) is 9.99 Å². The second-order valence-electron chi connectivity index (χ2n) is 4.02. The van der Waals surface area contributed by atoms with Crippen LogP contribution in [0.1, 0.15) is 6.42 Å². The quantitative estimate of drug-likeness (QED) is 0.820. The Morgan fingerprint density at radius 1 is 1.33 bits per heavy atom. The Morgan fingerprint density at radius 3 is 3.11 bits per heavy atom. The Kier molecular flexibility index (Phi) is 3.10. The summed E-state index contributed by atoms with van der Waals surface area (Å²) >= 11 is 1.42. The van der Waals surface area contributed by atoms with Crippen molar-refractivity contribution >= 4 is 26.3 Å². The fourth-order valence-electron chi connectivity index (χ4n) is 1.99. The normalized spacial score (nSPS) is 19.1. The van der Waals surface area contributed by atoms with E-state index in [0.717, 1.165) is 6.42 Å². The summed E-state index contributed by atoms with van der Waals surface area (Å²) in [5.41, 5.74) is 0. The third-order valence-electron chi connectivity index (χ3n) is 2.90. The van der Waals surface area contributed by atoms with Gasteiger partial charge in [0.1, 0.15) is 0 Å². The van der Waals surface area contributed by atoms with Crippen molar-refractivity contribution in [1.29, 1.82) is 0 Å². The van der Waals surface area contributed by atoms with E-state index in [2.05, 4.69) is 4.98 Å². The molecule has 2 aromatic heterocycles. The van der Waals surface area contributed by atoms with Crippen LogP contribution in [0.15, 0.2) is 22.8 Å². The van der Waals surface area contributed by atoms with Gasteiger partial charge >= 0.3 is 0 Å². The van der Waals surface area contributed by atoms with Crippen molar-refractivity contribution in [3.05, 3.63) is 17.8 Å². The zero-order valence-electron chi connectivity index (χ0n) is 9.65. The molecule has 98 valence electrons. The molecule has 0 N–H and O–H groups in total. The van der Waals surface area contributed by atoms with Crippen LogP contribution in [0.5, 0.6) is 0 Å². The molecular formula is C10H13N3O3S2. The standard InChI is InChI=1S/C10H13N3O3S2/c14-18(15,12-2-1-5-16-6-3-12)9-8-11-10-13(9)4-7-17-10/h4,7-8H,1-3,5-6H2. The molecule has 0 spiro atoms. The van der Waals surface area contributed by atoms with Crippen molar-refractivity contribution in [1.82, 2.24) is 13.7 Å². The van der Waals surface area contributed by atoms with Crippen molar-refractivity contribution in [3.8, 4) is 0 Å². The zero-order valence-corrected chi connectivity index (χ0v) is 11.3. The molecule has 1 aliphatic rings. The van der Waals surface area contributed by atoms with Gasteiger partial charge in [-0.1, -0.05) is 0 Å². The van der Waals surface area contributed by atoms with Crippen molar-refractivity contribution < 1.29 is 13.2 Å². The molecule has 0 aliphatic carbocycles. The number of rotatable bonds is 2. The summed E-state index contributed by atoms with van der Waals surface area (Å²) < 4.78 is 33.4. The van der Waals surface area contributed by atoms with E-state index in [1.807, 2.05) is 5.38 Å². The average molecular weight is 287 g/mol. The maximum absolute atomic E-state index is 12.5. The van der Waals surface area contributed by atoms with Gasteiger partial charge in [-0.15, -0.1) is 11.3 Å². The minimum absolute atomic E-state index is 0.237. The van der Waals surface area contributed by atoms with Crippen LogP contribution >= 0.6 is 11.3 Å². The fraction of sp³-hybridized carbons (Fsp3) is 0.500. The lowest BCUT2D eigenvalue weighted by atomic mass is 10.5. The van der Waals surface area contributed by atoms with Crippen LogP contribution in [0.2, 0.25) is 0 Å². The molecule has 0 bridgehead atoms. The first kappa shape index (κ1) is 12.1. The van der Waals surface area contributed by atoms with Crippen LogP contribution in [0.25, 0.3) is 4.96 Å². The predicted octanol–water partition coefficient (Wildman–Crippen LogP) is 0.807. The van der Waals surface area contributed by atoms with E-state index >= 15 is 0 Å². The van der Waals surface area contributed by atoms with Gasteiger partial charge in [-0.2, -0.15) is 4.31 Å². The number of hydrogen-bond donors (Lipinski definition) is 0. The molecule has 18 heavy (non-hydrogen) atoms. The van der Waals surface area contributed by atoms with Gasteiger partial charge in [-0.05, 0) is 6.42 Å². The second-order valence-corrected chi connectivity index (χ2v) is 6.78. The largest absolute Gasteiger partial charge is 0.380 e. The van der Waals surface area contributed by atoms with Gasteiger partial charge < -0.3 is 4.74 Å². The molecule has 8 heteroatoms. The van der Waals surface area contributed by atoms with E-state index in [0.29, 0.717) is 31.3 Å². The molecular weight excluding hydrogens is 274 g/mol. The van der Waals surface area contributed by atoms with Gasteiger partial charge in [0.05, 0.1) is 12.8 Å². The molecule has 2 aromatic rings. The maximum atomic E-state index is 12.5. The molecule has 1 saturated heterocycles. The first-order chi connectivity index (χ1) is 8.69. The highest BCUT2D eigenvalue weighted by Crippen LogP contribution is 2.21.